The fourth-order valence-corrected chi connectivity index (χ4v) is 1.89. The normalized spacial score (nSPS) is 19.3. The minimum atomic E-state index is -0.136. The molecule has 0 heterocycles. The van der Waals surface area contributed by atoms with E-state index in [1.807, 2.05) is 30.7 Å². The molecule has 117 valence electrons. The number of Topliss-reactive ketones (excluding diaryl/α,β-unsaturated/α-hetero) is 1. The quantitative estimate of drug-likeness (QED) is 0.443. The van der Waals surface area contributed by atoms with Gasteiger partial charge >= 0.3 is 22.6 Å². The third-order valence-corrected chi connectivity index (χ3v) is 2.91. The van der Waals surface area contributed by atoms with Crippen LogP contribution in [0.2, 0.25) is 0 Å². The van der Waals surface area contributed by atoms with Crippen molar-refractivity contribution in [3.05, 3.63) is 50.9 Å². The number of hydrogen-bond acceptors (Lipinski definition) is 2. The second-order valence-electron chi connectivity index (χ2n) is 4.05. The molecule has 0 aliphatic heterocycles. The predicted molar refractivity (Wildman–Crippen MR) is 73.6 cm³/mol. The van der Waals surface area contributed by atoms with Crippen molar-refractivity contribution in [2.45, 2.75) is 31.8 Å². The SMILES string of the molecule is [C-]#[O+].[C-]#[O+].[CH2-][C@@H](OC)[C@H]1CCCCC1=O.[CH]1C=CC=C1.[Fe]. The average Bonchev–Trinajstić information content (AvgIpc) is 3.11. The number of carbonyl (C=O) groups is 1. The largest absolute Gasteiger partial charge is 0.413 e. The van der Waals surface area contributed by atoms with Crippen molar-refractivity contribution < 1.29 is 35.9 Å². The first-order valence-corrected chi connectivity index (χ1v) is 6.22. The van der Waals surface area contributed by atoms with E-state index >= 15 is 0 Å². The van der Waals surface area contributed by atoms with E-state index in [1.54, 1.807) is 7.11 Å². The molecule has 21 heavy (non-hydrogen) atoms. The Bertz CT molecular complexity index is 329. The van der Waals surface area contributed by atoms with Crippen LogP contribution in [0.4, 0.5) is 0 Å². The molecule has 1 radical (unpaired) electrons. The molecule has 0 unspecified atom stereocenters. The van der Waals surface area contributed by atoms with Gasteiger partial charge in [0.2, 0.25) is 0 Å². The summed E-state index contributed by atoms with van der Waals surface area (Å²) in [5.41, 5.74) is 0. The minimum absolute atomic E-state index is 0. The molecule has 0 N–H and O–H groups in total. The maximum Gasteiger partial charge on any atom is 0.135 e. The molecule has 2 aliphatic carbocycles. The van der Waals surface area contributed by atoms with Gasteiger partial charge in [0.1, 0.15) is 5.78 Å². The Morgan fingerprint density at radius 1 is 1.19 bits per heavy atom. The topological polar surface area (TPSA) is 66.1 Å². The van der Waals surface area contributed by atoms with Gasteiger partial charge in [0.25, 0.3) is 0 Å². The molecule has 1 fully saturated rings. The molecule has 4 nitrogen and oxygen atoms in total. The second-order valence-corrected chi connectivity index (χ2v) is 4.05. The number of rotatable bonds is 2. The number of methoxy groups -OCH3 is 1. The van der Waals surface area contributed by atoms with Gasteiger partial charge in [-0.1, -0.05) is 36.8 Å². The first kappa shape index (κ1) is 25.1. The van der Waals surface area contributed by atoms with E-state index in [9.17, 15) is 4.79 Å². The molecule has 0 aromatic carbocycles. The van der Waals surface area contributed by atoms with Crippen molar-refractivity contribution in [3.63, 3.8) is 0 Å². The molecule has 2 aliphatic rings. The van der Waals surface area contributed by atoms with E-state index in [-0.39, 0.29) is 29.1 Å². The van der Waals surface area contributed by atoms with Gasteiger partial charge in [0.05, 0.1) is 0 Å². The number of ketones is 1. The van der Waals surface area contributed by atoms with E-state index in [0.29, 0.717) is 5.78 Å². The van der Waals surface area contributed by atoms with Crippen molar-refractivity contribution in [1.29, 1.82) is 0 Å². The number of hydrogen-bond donors (Lipinski definition) is 0. The van der Waals surface area contributed by atoms with Crippen LogP contribution in [0.1, 0.15) is 25.7 Å². The van der Waals surface area contributed by atoms with Gasteiger partial charge in [0, 0.05) is 42.9 Å². The van der Waals surface area contributed by atoms with Gasteiger partial charge in [-0.05, 0) is 12.8 Å². The zero-order valence-corrected chi connectivity index (χ0v) is 13.2. The molecule has 0 aromatic heterocycles. The van der Waals surface area contributed by atoms with Gasteiger partial charge < -0.3 is 11.7 Å². The van der Waals surface area contributed by atoms with E-state index < -0.39 is 0 Å². The summed E-state index contributed by atoms with van der Waals surface area (Å²) in [6.07, 6.45) is 13.7. The third kappa shape index (κ3) is 12.6. The van der Waals surface area contributed by atoms with Crippen LogP contribution in [0.5, 0.6) is 0 Å². The van der Waals surface area contributed by atoms with Crippen molar-refractivity contribution in [2.75, 3.05) is 7.11 Å². The maximum atomic E-state index is 11.3. The van der Waals surface area contributed by atoms with Crippen LogP contribution < -0.4 is 0 Å². The smallest absolute Gasteiger partial charge is 0.135 e. The van der Waals surface area contributed by atoms with Gasteiger partial charge in [-0.3, -0.25) is 4.79 Å². The van der Waals surface area contributed by atoms with Gasteiger partial charge in [0.15, 0.2) is 0 Å². The summed E-state index contributed by atoms with van der Waals surface area (Å²) < 4.78 is 20.0. The van der Waals surface area contributed by atoms with E-state index in [0.717, 1.165) is 25.7 Å². The molecule has 0 amide bonds. The molecule has 0 aromatic rings. The minimum Gasteiger partial charge on any atom is -0.413 e. The summed E-state index contributed by atoms with van der Waals surface area (Å²) in [7, 11) is 1.61. The molecule has 5 heteroatoms. The fraction of sp³-hybridized carbons (Fsp3) is 0.438. The summed E-state index contributed by atoms with van der Waals surface area (Å²) in [4.78, 5) is 11.3. The summed E-state index contributed by atoms with van der Waals surface area (Å²) in [5, 5.41) is 0. The molecule has 0 spiro atoms. The van der Waals surface area contributed by atoms with Gasteiger partial charge in [-0.15, -0.1) is 0 Å². The molecule has 1 saturated carbocycles. The first-order chi connectivity index (χ1) is 9.75. The summed E-state index contributed by atoms with van der Waals surface area (Å²) in [6, 6.07) is 0. The standard InChI is InChI=1S/C9H15O2.C5H5.2CO.Fe/c1-7(11-2)8-5-3-4-6-9(8)10;1-2-4-5-3-1;2*1-2;/h7-8H,1,3-6H2,2H3;1-5H;;;/q-1;;;;/t7-,8-;;;;/m1..../s1. The molecular formula is C16H20FeO4-. The van der Waals surface area contributed by atoms with Crippen LogP contribution in [0.15, 0.2) is 24.3 Å². The summed E-state index contributed by atoms with van der Waals surface area (Å²) >= 11 is 0. The van der Waals surface area contributed by atoms with Gasteiger partial charge in [-0.2, -0.15) is 0 Å². The van der Waals surface area contributed by atoms with E-state index in [2.05, 4.69) is 20.2 Å². The Hall–Kier alpha value is -0.891. The monoisotopic (exact) mass is 332 g/mol. The number of carbonyl (C=O) groups excluding carboxylic acids is 1. The average molecular weight is 332 g/mol. The zero-order valence-electron chi connectivity index (χ0n) is 12.1. The van der Waals surface area contributed by atoms with Crippen LogP contribution >= 0.6 is 0 Å². The Morgan fingerprint density at radius 2 is 1.71 bits per heavy atom. The fourth-order valence-electron chi connectivity index (χ4n) is 1.89. The van der Waals surface area contributed by atoms with Gasteiger partial charge in [-0.25, -0.2) is 0 Å². The van der Waals surface area contributed by atoms with Crippen LogP contribution in [0, 0.1) is 32.6 Å². The summed E-state index contributed by atoms with van der Waals surface area (Å²) in [6.45, 7) is 12.8. The maximum absolute atomic E-state index is 11.3. The third-order valence-electron chi connectivity index (χ3n) is 2.91. The Morgan fingerprint density at radius 3 is 2.05 bits per heavy atom. The van der Waals surface area contributed by atoms with Crippen LogP contribution in [-0.2, 0) is 35.9 Å². The van der Waals surface area contributed by atoms with Crippen molar-refractivity contribution in [3.8, 4) is 0 Å². The second kappa shape index (κ2) is 19.1. The van der Waals surface area contributed by atoms with Crippen LogP contribution in [-0.4, -0.2) is 19.0 Å². The van der Waals surface area contributed by atoms with Crippen molar-refractivity contribution >= 4 is 5.78 Å². The predicted octanol–water partition coefficient (Wildman–Crippen LogP) is 2.83. The van der Waals surface area contributed by atoms with Crippen molar-refractivity contribution in [2.24, 2.45) is 5.92 Å². The molecule has 0 bridgehead atoms. The molecular weight excluding hydrogens is 312 g/mol. The Balaban J connectivity index is -0.000000273. The zero-order chi connectivity index (χ0) is 15.8. The van der Waals surface area contributed by atoms with Crippen molar-refractivity contribution in [1.82, 2.24) is 0 Å². The summed E-state index contributed by atoms with van der Waals surface area (Å²) in [5.74, 6) is 0.395. The molecule has 2 atom stereocenters. The Kier molecular flexibility index (Phi) is 22.8. The number of ether oxygens (including phenoxy) is 1. The van der Waals surface area contributed by atoms with E-state index in [4.69, 9.17) is 14.0 Å². The van der Waals surface area contributed by atoms with Crippen LogP contribution in [0.3, 0.4) is 0 Å². The first-order valence-electron chi connectivity index (χ1n) is 6.22. The Labute approximate surface area is 137 Å². The molecule has 0 saturated heterocycles. The molecule has 2 rings (SSSR count). The van der Waals surface area contributed by atoms with Crippen LogP contribution in [0.25, 0.3) is 0 Å². The van der Waals surface area contributed by atoms with E-state index in [1.165, 1.54) is 0 Å². The number of allylic oxidation sites excluding steroid dienone is 4.